The van der Waals surface area contributed by atoms with Gasteiger partial charge in [0.15, 0.2) is 6.10 Å². The fourth-order valence-electron chi connectivity index (χ4n) is 9.81. The maximum absolute atomic E-state index is 12.8. The summed E-state index contributed by atoms with van der Waals surface area (Å²) >= 11 is 0. The molecule has 3 N–H and O–H groups in total. The summed E-state index contributed by atoms with van der Waals surface area (Å²) in [7, 11) is -4.41. The van der Waals surface area contributed by atoms with Crippen molar-refractivity contribution in [2.45, 2.75) is 322 Å². The van der Waals surface area contributed by atoms with Crippen LogP contribution in [0.15, 0.2) is 109 Å². The summed E-state index contributed by atoms with van der Waals surface area (Å²) in [4.78, 5) is 35.3. The molecule has 0 saturated carbocycles. The Labute approximate surface area is 518 Å². The van der Waals surface area contributed by atoms with E-state index >= 15 is 0 Å². The van der Waals surface area contributed by atoms with Gasteiger partial charge < -0.3 is 20.1 Å². The van der Waals surface area contributed by atoms with Crippen molar-refractivity contribution in [2.24, 2.45) is 5.73 Å². The third-order valence-electron chi connectivity index (χ3n) is 14.9. The minimum absolute atomic E-state index is 0.0459. The molecular formula is C74H130NO8P. The smallest absolute Gasteiger partial charge is 0.462 e. The molecule has 0 fully saturated rings. The van der Waals surface area contributed by atoms with Gasteiger partial charge in [0.2, 0.25) is 0 Å². The maximum atomic E-state index is 12.8. The molecule has 10 heteroatoms. The van der Waals surface area contributed by atoms with E-state index in [9.17, 15) is 19.0 Å². The number of ether oxygens (including phenoxy) is 2. The zero-order valence-electron chi connectivity index (χ0n) is 54.4. The molecule has 9 nitrogen and oxygen atoms in total. The quantitative estimate of drug-likeness (QED) is 0.0264. The van der Waals surface area contributed by atoms with Crippen molar-refractivity contribution in [1.82, 2.24) is 0 Å². The Hall–Kier alpha value is -3.33. The lowest BCUT2D eigenvalue weighted by molar-refractivity contribution is -0.161. The van der Waals surface area contributed by atoms with Crippen molar-refractivity contribution in [2.75, 3.05) is 26.4 Å². The van der Waals surface area contributed by atoms with Crippen molar-refractivity contribution < 1.29 is 37.6 Å². The van der Waals surface area contributed by atoms with Gasteiger partial charge in [-0.3, -0.25) is 18.6 Å². The van der Waals surface area contributed by atoms with Crippen LogP contribution >= 0.6 is 7.82 Å². The average Bonchev–Trinajstić information content (AvgIpc) is 3.55. The highest BCUT2D eigenvalue weighted by Gasteiger charge is 2.26. The van der Waals surface area contributed by atoms with E-state index in [4.69, 9.17) is 24.3 Å². The molecule has 84 heavy (non-hydrogen) atoms. The van der Waals surface area contributed by atoms with Crippen LogP contribution in [-0.2, 0) is 32.7 Å². The first-order chi connectivity index (χ1) is 41.3. The number of hydrogen-bond donors (Lipinski definition) is 2. The van der Waals surface area contributed by atoms with Crippen LogP contribution in [0.3, 0.4) is 0 Å². The Morgan fingerprint density at radius 3 is 0.976 bits per heavy atom. The third kappa shape index (κ3) is 67.8. The second-order valence-electron chi connectivity index (χ2n) is 23.0. The van der Waals surface area contributed by atoms with Crippen LogP contribution < -0.4 is 5.73 Å². The van der Waals surface area contributed by atoms with E-state index in [1.54, 1.807) is 0 Å². The van der Waals surface area contributed by atoms with E-state index in [1.807, 2.05) is 0 Å². The fraction of sp³-hybridized carbons (Fsp3) is 0.730. The van der Waals surface area contributed by atoms with E-state index in [2.05, 4.69) is 123 Å². The lowest BCUT2D eigenvalue weighted by Crippen LogP contribution is -2.29. The number of unbranched alkanes of at least 4 members (excludes halogenated alkanes) is 34. The molecule has 0 aromatic carbocycles. The van der Waals surface area contributed by atoms with Crippen LogP contribution in [0.2, 0.25) is 0 Å². The van der Waals surface area contributed by atoms with Gasteiger partial charge in [-0.2, -0.15) is 0 Å². The Morgan fingerprint density at radius 1 is 0.369 bits per heavy atom. The van der Waals surface area contributed by atoms with Crippen LogP contribution in [-0.4, -0.2) is 49.3 Å². The summed E-state index contributed by atoms with van der Waals surface area (Å²) in [6, 6.07) is 0. The SMILES string of the molecule is CC/C=C\C/C=C\C/C=C\C/C=C\C/C=C\C/C=C\C/C=C\C/C=C\C/C=C\CCCCCCCC(=O)OC(COC(=O)CCCCCCCCCCCCCCCCCCCCCCCCCCCCCCCC)COP(=O)(O)OCCN. The molecule has 0 aliphatic rings. The number of nitrogens with two attached hydrogens (primary N) is 1. The summed E-state index contributed by atoms with van der Waals surface area (Å²) in [5.74, 6) is -0.844. The molecule has 0 heterocycles. The fourth-order valence-corrected chi connectivity index (χ4v) is 10.6. The Balaban J connectivity index is 3.95. The van der Waals surface area contributed by atoms with Gasteiger partial charge in [0.05, 0.1) is 13.2 Å². The first-order valence-corrected chi connectivity index (χ1v) is 36.4. The standard InChI is InChI=1S/C74H130NO8P/c1-3-5-7-9-11-13-15-17-19-21-23-25-27-29-31-33-35-36-37-39-41-43-45-47-49-51-53-55-57-59-61-63-65-67-74(77)83-72(71-82-84(78,79)81-69-68-75)70-80-73(76)66-64-62-60-58-56-54-52-50-48-46-44-42-40-38-34-32-30-28-26-24-22-20-18-16-14-12-10-8-6-4-2/h5,7,11,13,17,19,23,25,29,31,35-36,39,41,45,47,51,53,72H,3-4,6,8-10,12,14-16,18,20-22,24,26-28,30,32-34,37-38,40,42-44,46,48-50,52,54-71,75H2,1-2H3,(H,78,79)/b7-5-,13-11-,19-17-,25-23-,31-29-,36-35-,41-39-,47-45-,53-51-. The first-order valence-electron chi connectivity index (χ1n) is 34.9. The molecular weight excluding hydrogens is 1060 g/mol. The lowest BCUT2D eigenvalue weighted by Gasteiger charge is -2.19. The van der Waals surface area contributed by atoms with Gasteiger partial charge in [0, 0.05) is 19.4 Å². The zero-order chi connectivity index (χ0) is 60.9. The van der Waals surface area contributed by atoms with Crippen molar-refractivity contribution in [1.29, 1.82) is 0 Å². The minimum Gasteiger partial charge on any atom is -0.462 e. The number of hydrogen-bond acceptors (Lipinski definition) is 8. The van der Waals surface area contributed by atoms with Crippen LogP contribution in [0.5, 0.6) is 0 Å². The highest BCUT2D eigenvalue weighted by Crippen LogP contribution is 2.43. The van der Waals surface area contributed by atoms with E-state index in [0.717, 1.165) is 109 Å². The van der Waals surface area contributed by atoms with Crippen LogP contribution in [0.25, 0.3) is 0 Å². The van der Waals surface area contributed by atoms with Gasteiger partial charge in [0.25, 0.3) is 0 Å². The van der Waals surface area contributed by atoms with Crippen LogP contribution in [0.1, 0.15) is 316 Å². The molecule has 0 amide bonds. The maximum Gasteiger partial charge on any atom is 0.472 e. The van der Waals surface area contributed by atoms with E-state index in [1.165, 1.54) is 173 Å². The molecule has 2 unspecified atom stereocenters. The van der Waals surface area contributed by atoms with E-state index < -0.39 is 26.5 Å². The number of phosphoric acid groups is 1. The number of carbonyl (C=O) groups is 2. The second kappa shape index (κ2) is 68.8. The summed E-state index contributed by atoms with van der Waals surface area (Å²) in [6.07, 6.45) is 94.7. The average molecular weight is 1190 g/mol. The van der Waals surface area contributed by atoms with Crippen molar-refractivity contribution in [3.63, 3.8) is 0 Å². The van der Waals surface area contributed by atoms with Gasteiger partial charge in [-0.25, -0.2) is 4.57 Å². The lowest BCUT2D eigenvalue weighted by atomic mass is 10.0. The van der Waals surface area contributed by atoms with Crippen molar-refractivity contribution in [3.8, 4) is 0 Å². The van der Waals surface area contributed by atoms with Crippen LogP contribution in [0.4, 0.5) is 0 Å². The van der Waals surface area contributed by atoms with Crippen molar-refractivity contribution in [3.05, 3.63) is 109 Å². The van der Waals surface area contributed by atoms with E-state index in [-0.39, 0.29) is 38.6 Å². The van der Waals surface area contributed by atoms with Gasteiger partial charge in [-0.15, -0.1) is 0 Å². The summed E-state index contributed by atoms with van der Waals surface area (Å²) in [5, 5.41) is 0. The molecule has 484 valence electrons. The molecule has 0 saturated heterocycles. The molecule has 0 spiro atoms. The molecule has 0 aliphatic heterocycles. The van der Waals surface area contributed by atoms with Gasteiger partial charge in [-0.05, 0) is 83.5 Å². The predicted molar refractivity (Wildman–Crippen MR) is 362 cm³/mol. The molecule has 0 aromatic heterocycles. The highest BCUT2D eigenvalue weighted by molar-refractivity contribution is 7.47. The summed E-state index contributed by atoms with van der Waals surface area (Å²) in [6.45, 7) is 3.64. The number of phosphoric ester groups is 1. The minimum atomic E-state index is -4.41. The van der Waals surface area contributed by atoms with Gasteiger partial charge >= 0.3 is 19.8 Å². The molecule has 0 aromatic rings. The normalized spacial score (nSPS) is 13.6. The summed E-state index contributed by atoms with van der Waals surface area (Å²) in [5.41, 5.74) is 5.40. The summed E-state index contributed by atoms with van der Waals surface area (Å²) < 4.78 is 33.2. The largest absolute Gasteiger partial charge is 0.472 e. The third-order valence-corrected chi connectivity index (χ3v) is 15.9. The second-order valence-corrected chi connectivity index (χ2v) is 24.5. The molecule has 0 rings (SSSR count). The Kier molecular flexibility index (Phi) is 66.1. The van der Waals surface area contributed by atoms with Crippen molar-refractivity contribution >= 4 is 19.8 Å². The number of rotatable bonds is 65. The predicted octanol–water partition coefficient (Wildman–Crippen LogP) is 22.9. The number of allylic oxidation sites excluding steroid dienone is 18. The monoisotopic (exact) mass is 1190 g/mol. The Morgan fingerprint density at radius 2 is 0.655 bits per heavy atom. The number of carbonyl (C=O) groups excluding carboxylic acids is 2. The molecule has 2 atom stereocenters. The van der Waals surface area contributed by atoms with Crippen LogP contribution in [0, 0.1) is 0 Å². The number of esters is 2. The van der Waals surface area contributed by atoms with Gasteiger partial charge in [0.1, 0.15) is 6.61 Å². The highest BCUT2D eigenvalue weighted by atomic mass is 31.2. The molecule has 0 aliphatic carbocycles. The van der Waals surface area contributed by atoms with Gasteiger partial charge in [-0.1, -0.05) is 329 Å². The zero-order valence-corrected chi connectivity index (χ0v) is 55.3. The molecule has 0 radical (unpaired) electrons. The topological polar surface area (TPSA) is 134 Å². The molecule has 0 bridgehead atoms. The Bertz CT molecular complexity index is 1740. The first kappa shape index (κ1) is 80.7. The van der Waals surface area contributed by atoms with E-state index in [0.29, 0.717) is 6.42 Å².